The van der Waals surface area contributed by atoms with Gasteiger partial charge in [-0.25, -0.2) is 4.98 Å². The zero-order valence-electron chi connectivity index (χ0n) is 15.9. The Morgan fingerprint density at radius 3 is 2.33 bits per heavy atom. The van der Waals surface area contributed by atoms with Gasteiger partial charge in [0.05, 0.1) is 11.1 Å². The first kappa shape index (κ1) is 21.5. The minimum Gasteiger partial charge on any atom is -0.326 e. The Kier molecular flexibility index (Phi) is 6.51. The molecule has 0 bridgehead atoms. The summed E-state index contributed by atoms with van der Waals surface area (Å²) in [6.07, 6.45) is -4.39. The van der Waals surface area contributed by atoms with Crippen molar-refractivity contribution in [2.75, 3.05) is 10.6 Å². The van der Waals surface area contributed by atoms with Crippen LogP contribution in [0.3, 0.4) is 0 Å². The number of halogens is 3. The van der Waals surface area contributed by atoms with Crippen LogP contribution >= 0.6 is 11.3 Å². The first-order chi connectivity index (χ1) is 14.2. The summed E-state index contributed by atoms with van der Waals surface area (Å²) < 4.78 is 38.6. The number of carbonyl (C=O) groups excluding carboxylic acids is 2. The van der Waals surface area contributed by atoms with Crippen molar-refractivity contribution in [3.8, 4) is 0 Å². The number of anilines is 2. The molecule has 0 aliphatic carbocycles. The van der Waals surface area contributed by atoms with Gasteiger partial charge in [-0.3, -0.25) is 9.59 Å². The molecule has 5 nitrogen and oxygen atoms in total. The zero-order chi connectivity index (χ0) is 21.7. The van der Waals surface area contributed by atoms with Crippen LogP contribution in [0.15, 0.2) is 59.4 Å². The fourth-order valence-electron chi connectivity index (χ4n) is 2.79. The van der Waals surface area contributed by atoms with Gasteiger partial charge in [0.2, 0.25) is 5.91 Å². The molecule has 0 unspecified atom stereocenters. The number of thiazole rings is 1. The van der Waals surface area contributed by atoms with Crippen LogP contribution in [0, 0.1) is 0 Å². The Morgan fingerprint density at radius 2 is 1.73 bits per heavy atom. The van der Waals surface area contributed by atoms with Gasteiger partial charge in [0, 0.05) is 23.2 Å². The molecule has 2 aromatic carbocycles. The maximum Gasteiger partial charge on any atom is 0.416 e. The van der Waals surface area contributed by atoms with Crippen LogP contribution in [0.25, 0.3) is 0 Å². The van der Waals surface area contributed by atoms with Gasteiger partial charge in [0.15, 0.2) is 0 Å². The van der Waals surface area contributed by atoms with Crippen molar-refractivity contribution in [2.24, 2.45) is 0 Å². The second kappa shape index (κ2) is 9.08. The highest BCUT2D eigenvalue weighted by atomic mass is 32.1. The smallest absolute Gasteiger partial charge is 0.326 e. The van der Waals surface area contributed by atoms with E-state index in [9.17, 15) is 22.8 Å². The molecule has 0 fully saturated rings. The van der Waals surface area contributed by atoms with Crippen molar-refractivity contribution >= 4 is 34.5 Å². The van der Waals surface area contributed by atoms with Crippen LogP contribution < -0.4 is 10.6 Å². The largest absolute Gasteiger partial charge is 0.416 e. The number of hydrogen-bond donors (Lipinski definition) is 2. The van der Waals surface area contributed by atoms with Crippen LogP contribution in [0.4, 0.5) is 24.5 Å². The van der Waals surface area contributed by atoms with E-state index in [1.165, 1.54) is 17.4 Å². The Bertz CT molecular complexity index is 1020. The number of hydrogen-bond acceptors (Lipinski definition) is 4. The molecule has 3 rings (SSSR count). The van der Waals surface area contributed by atoms with E-state index < -0.39 is 11.7 Å². The fourth-order valence-corrected chi connectivity index (χ4v) is 3.32. The summed E-state index contributed by atoms with van der Waals surface area (Å²) >= 11 is 1.32. The SMILES string of the molecule is C[C@@H](CC(=O)Nc1ccc(NC(=O)c2cscn2)cc1)c1cccc(C(F)(F)F)c1. The standard InChI is InChI=1S/C21H18F3N3O2S/c1-13(14-3-2-4-15(10-14)21(22,23)24)9-19(28)26-16-5-7-17(8-6-16)27-20(29)18-11-30-12-25-18/h2-8,10-13H,9H2,1H3,(H,26,28)(H,27,29)/t13-/m0/s1. The summed E-state index contributed by atoms with van der Waals surface area (Å²) in [5.74, 6) is -1.04. The monoisotopic (exact) mass is 433 g/mol. The second-order valence-electron chi connectivity index (χ2n) is 6.68. The summed E-state index contributed by atoms with van der Waals surface area (Å²) in [4.78, 5) is 28.2. The highest BCUT2D eigenvalue weighted by Gasteiger charge is 2.30. The molecule has 30 heavy (non-hydrogen) atoms. The molecule has 2 N–H and O–H groups in total. The van der Waals surface area contributed by atoms with Crippen molar-refractivity contribution in [2.45, 2.75) is 25.4 Å². The lowest BCUT2D eigenvalue weighted by atomic mass is 9.95. The Labute approximate surface area is 175 Å². The van der Waals surface area contributed by atoms with Gasteiger partial charge in [0.1, 0.15) is 5.69 Å². The summed E-state index contributed by atoms with van der Waals surface area (Å²) in [5.41, 5.74) is 2.66. The lowest BCUT2D eigenvalue weighted by molar-refractivity contribution is -0.137. The molecule has 0 aliphatic rings. The average Bonchev–Trinajstić information content (AvgIpc) is 3.24. The highest BCUT2D eigenvalue weighted by Crippen LogP contribution is 2.31. The van der Waals surface area contributed by atoms with Crippen molar-refractivity contribution in [3.63, 3.8) is 0 Å². The van der Waals surface area contributed by atoms with E-state index in [0.717, 1.165) is 12.1 Å². The number of nitrogens with zero attached hydrogens (tertiary/aromatic N) is 1. The third-order valence-corrected chi connectivity index (χ3v) is 4.95. The molecule has 156 valence electrons. The van der Waals surface area contributed by atoms with Crippen LogP contribution in [-0.4, -0.2) is 16.8 Å². The van der Waals surface area contributed by atoms with Crippen molar-refractivity contribution in [1.82, 2.24) is 4.98 Å². The van der Waals surface area contributed by atoms with Gasteiger partial charge in [0.25, 0.3) is 5.91 Å². The topological polar surface area (TPSA) is 71.1 Å². The molecule has 0 saturated heterocycles. The maximum absolute atomic E-state index is 12.9. The molecule has 0 radical (unpaired) electrons. The molecule has 0 aliphatic heterocycles. The molecule has 1 heterocycles. The second-order valence-corrected chi connectivity index (χ2v) is 7.40. The fraction of sp³-hybridized carbons (Fsp3) is 0.190. The van der Waals surface area contributed by atoms with E-state index in [4.69, 9.17) is 0 Å². The minimum absolute atomic E-state index is 0.0314. The highest BCUT2D eigenvalue weighted by molar-refractivity contribution is 7.07. The van der Waals surface area contributed by atoms with Gasteiger partial charge in [-0.05, 0) is 41.8 Å². The summed E-state index contributed by atoms with van der Waals surface area (Å²) in [5, 5.41) is 7.04. The normalized spacial score (nSPS) is 12.3. The third kappa shape index (κ3) is 5.66. The lowest BCUT2D eigenvalue weighted by Crippen LogP contribution is -2.15. The minimum atomic E-state index is -4.42. The zero-order valence-corrected chi connectivity index (χ0v) is 16.7. The van der Waals surface area contributed by atoms with E-state index in [0.29, 0.717) is 22.6 Å². The Morgan fingerprint density at radius 1 is 1.07 bits per heavy atom. The number of rotatable bonds is 6. The van der Waals surface area contributed by atoms with Gasteiger partial charge < -0.3 is 10.6 Å². The van der Waals surface area contributed by atoms with Gasteiger partial charge in [-0.1, -0.05) is 25.1 Å². The number of carbonyl (C=O) groups is 2. The number of alkyl halides is 3. The van der Waals surface area contributed by atoms with Gasteiger partial charge >= 0.3 is 6.18 Å². The molecule has 9 heteroatoms. The average molecular weight is 433 g/mol. The number of nitrogens with one attached hydrogen (secondary N) is 2. The van der Waals surface area contributed by atoms with Crippen LogP contribution in [0.1, 0.15) is 40.9 Å². The molecule has 1 atom stereocenters. The van der Waals surface area contributed by atoms with Crippen LogP contribution in [0.2, 0.25) is 0 Å². The molecular formula is C21H18F3N3O2S. The van der Waals surface area contributed by atoms with E-state index in [2.05, 4.69) is 15.6 Å². The van der Waals surface area contributed by atoms with Crippen molar-refractivity contribution in [1.29, 1.82) is 0 Å². The Balaban J connectivity index is 1.56. The quantitative estimate of drug-likeness (QED) is 0.536. The molecule has 2 amide bonds. The molecule has 1 aromatic heterocycles. The Hall–Kier alpha value is -3.20. The van der Waals surface area contributed by atoms with Crippen LogP contribution in [-0.2, 0) is 11.0 Å². The molecule has 0 saturated carbocycles. The van der Waals surface area contributed by atoms with E-state index in [1.807, 2.05) is 0 Å². The number of amides is 2. The predicted molar refractivity (Wildman–Crippen MR) is 110 cm³/mol. The van der Waals surface area contributed by atoms with Crippen molar-refractivity contribution in [3.05, 3.63) is 76.2 Å². The van der Waals surface area contributed by atoms with E-state index in [-0.39, 0.29) is 24.2 Å². The van der Waals surface area contributed by atoms with Gasteiger partial charge in [-0.2, -0.15) is 13.2 Å². The predicted octanol–water partition coefficient (Wildman–Crippen LogP) is 5.55. The first-order valence-corrected chi connectivity index (χ1v) is 9.93. The first-order valence-electron chi connectivity index (χ1n) is 8.99. The molecule has 0 spiro atoms. The lowest BCUT2D eigenvalue weighted by Gasteiger charge is -2.14. The maximum atomic E-state index is 12.9. The number of benzene rings is 2. The van der Waals surface area contributed by atoms with Gasteiger partial charge in [-0.15, -0.1) is 11.3 Å². The summed E-state index contributed by atoms with van der Waals surface area (Å²) in [6.45, 7) is 1.70. The van der Waals surface area contributed by atoms with E-state index >= 15 is 0 Å². The molecular weight excluding hydrogens is 415 g/mol. The number of aromatic nitrogens is 1. The van der Waals surface area contributed by atoms with Crippen LogP contribution in [0.5, 0.6) is 0 Å². The molecule has 3 aromatic rings. The van der Waals surface area contributed by atoms with Crippen molar-refractivity contribution < 1.29 is 22.8 Å². The van der Waals surface area contributed by atoms with E-state index in [1.54, 1.807) is 48.1 Å². The summed E-state index contributed by atoms with van der Waals surface area (Å²) in [7, 11) is 0. The third-order valence-electron chi connectivity index (χ3n) is 4.37. The summed E-state index contributed by atoms with van der Waals surface area (Å²) in [6, 6.07) is 11.5.